The Labute approximate surface area is 153 Å². The topological polar surface area (TPSA) is 58.1 Å². The van der Waals surface area contributed by atoms with Crippen LogP contribution in [0.3, 0.4) is 0 Å². The number of hydrogen-bond donors (Lipinski definition) is 1. The molecule has 1 heterocycles. The summed E-state index contributed by atoms with van der Waals surface area (Å²) >= 11 is 0. The number of rotatable bonds is 7. The maximum atomic E-state index is 13.1. The summed E-state index contributed by atoms with van der Waals surface area (Å²) in [6.07, 6.45) is 1.73. The molecule has 0 unspecified atom stereocenters. The van der Waals surface area contributed by atoms with Gasteiger partial charge in [0.1, 0.15) is 5.82 Å². The Bertz CT molecular complexity index is 848. The van der Waals surface area contributed by atoms with Gasteiger partial charge in [-0.25, -0.2) is 0 Å². The Hall–Kier alpha value is -3.47. The summed E-state index contributed by atoms with van der Waals surface area (Å²) < 4.78 is 0. The number of nitrogens with one attached hydrogen (secondary N) is 1. The minimum Gasteiger partial charge on any atom is -0.365 e. The van der Waals surface area contributed by atoms with E-state index in [1.165, 1.54) is 0 Å². The fourth-order valence-electron chi connectivity index (χ4n) is 2.51. The maximum absolute atomic E-state index is 13.1. The van der Waals surface area contributed by atoms with E-state index < -0.39 is 0 Å². The monoisotopic (exact) mass is 344 g/mol. The van der Waals surface area contributed by atoms with Gasteiger partial charge >= 0.3 is 0 Å². The molecule has 1 N–H and O–H groups in total. The number of para-hydroxylation sites is 1. The van der Waals surface area contributed by atoms with E-state index in [0.29, 0.717) is 24.6 Å². The molecule has 0 saturated heterocycles. The molecule has 3 aromatic rings. The Morgan fingerprint density at radius 1 is 0.962 bits per heavy atom. The highest BCUT2D eigenvalue weighted by Gasteiger charge is 2.19. The second-order valence-electron chi connectivity index (χ2n) is 5.69. The summed E-state index contributed by atoms with van der Waals surface area (Å²) in [5.41, 5.74) is 2.16. The van der Waals surface area contributed by atoms with E-state index in [4.69, 9.17) is 0 Å². The van der Waals surface area contributed by atoms with Crippen molar-refractivity contribution in [2.45, 2.75) is 6.54 Å². The summed E-state index contributed by atoms with van der Waals surface area (Å²) in [7, 11) is 0. The summed E-state index contributed by atoms with van der Waals surface area (Å²) in [5, 5.41) is 11.2. The van der Waals surface area contributed by atoms with E-state index in [1.54, 1.807) is 23.1 Å². The van der Waals surface area contributed by atoms with Crippen molar-refractivity contribution < 1.29 is 4.79 Å². The molecule has 2 aromatic carbocycles. The van der Waals surface area contributed by atoms with Crippen molar-refractivity contribution in [1.82, 2.24) is 10.2 Å². The van der Waals surface area contributed by atoms with Crippen molar-refractivity contribution in [3.8, 4) is 0 Å². The van der Waals surface area contributed by atoms with Crippen molar-refractivity contribution in [2.75, 3.05) is 16.8 Å². The number of carbonyl (C=O) groups is 1. The van der Waals surface area contributed by atoms with Crippen molar-refractivity contribution in [2.24, 2.45) is 0 Å². The first-order chi connectivity index (χ1) is 12.8. The number of benzene rings is 2. The average molecular weight is 344 g/mol. The van der Waals surface area contributed by atoms with Gasteiger partial charge in [-0.1, -0.05) is 54.6 Å². The van der Waals surface area contributed by atoms with Gasteiger partial charge < -0.3 is 10.2 Å². The molecule has 0 spiro atoms. The van der Waals surface area contributed by atoms with Crippen LogP contribution in [0.25, 0.3) is 0 Å². The van der Waals surface area contributed by atoms with Crippen molar-refractivity contribution in [1.29, 1.82) is 0 Å². The highest BCUT2D eigenvalue weighted by molar-refractivity contribution is 6.04. The summed E-state index contributed by atoms with van der Waals surface area (Å²) in [6.45, 7) is 4.70. The van der Waals surface area contributed by atoms with Gasteiger partial charge in [0, 0.05) is 12.2 Å². The maximum Gasteiger partial charge on any atom is 0.279 e. The number of amides is 1. The fraction of sp³-hybridized carbons (Fsp3) is 0.0952. The van der Waals surface area contributed by atoms with Gasteiger partial charge in [-0.05, 0) is 29.8 Å². The molecule has 0 atom stereocenters. The largest absolute Gasteiger partial charge is 0.365 e. The van der Waals surface area contributed by atoms with Crippen LogP contribution in [0.15, 0.2) is 85.5 Å². The van der Waals surface area contributed by atoms with E-state index in [9.17, 15) is 4.79 Å². The first kappa shape index (κ1) is 17.4. The molecule has 0 fully saturated rings. The minimum absolute atomic E-state index is 0.192. The molecule has 1 aromatic heterocycles. The third-order valence-corrected chi connectivity index (χ3v) is 3.81. The van der Waals surface area contributed by atoms with E-state index >= 15 is 0 Å². The van der Waals surface area contributed by atoms with Crippen LogP contribution < -0.4 is 10.2 Å². The lowest BCUT2D eigenvalue weighted by Gasteiger charge is -2.22. The van der Waals surface area contributed by atoms with Crippen molar-refractivity contribution >= 4 is 17.4 Å². The normalized spacial score (nSPS) is 10.2. The molecule has 0 saturated carbocycles. The van der Waals surface area contributed by atoms with E-state index in [0.717, 1.165) is 11.3 Å². The number of hydrogen-bond acceptors (Lipinski definition) is 4. The number of aromatic nitrogens is 2. The molecule has 0 radical (unpaired) electrons. The predicted octanol–water partition coefficient (Wildman–Crippen LogP) is 3.92. The van der Waals surface area contributed by atoms with Crippen molar-refractivity contribution in [3.63, 3.8) is 0 Å². The molecule has 5 nitrogen and oxygen atoms in total. The quantitative estimate of drug-likeness (QED) is 0.660. The lowest BCUT2D eigenvalue weighted by Crippen LogP contribution is -2.31. The average Bonchev–Trinajstić information content (AvgIpc) is 2.72. The van der Waals surface area contributed by atoms with Gasteiger partial charge in [-0.3, -0.25) is 4.79 Å². The van der Waals surface area contributed by atoms with Crippen LogP contribution in [0, 0.1) is 0 Å². The Morgan fingerprint density at radius 3 is 2.27 bits per heavy atom. The zero-order valence-electron chi connectivity index (χ0n) is 14.4. The third-order valence-electron chi connectivity index (χ3n) is 3.81. The summed E-state index contributed by atoms with van der Waals surface area (Å²) in [6, 6.07) is 22.9. The smallest absolute Gasteiger partial charge is 0.279 e. The molecular formula is C21H20N4O. The Balaban J connectivity index is 1.86. The fourth-order valence-corrected chi connectivity index (χ4v) is 2.51. The highest BCUT2D eigenvalue weighted by Crippen LogP contribution is 2.19. The molecule has 0 aliphatic rings. The van der Waals surface area contributed by atoms with Crippen LogP contribution >= 0.6 is 0 Å². The van der Waals surface area contributed by atoms with Crippen LogP contribution in [-0.4, -0.2) is 22.6 Å². The highest BCUT2D eigenvalue weighted by atomic mass is 16.2. The first-order valence-electron chi connectivity index (χ1n) is 8.37. The standard InChI is InChI=1S/C21H20N4O/c1-2-15-22-20-14-13-19(23-24-20)21(26)25(18-11-7-4-8-12-18)16-17-9-5-3-6-10-17/h2-14H,1,15-16H2,(H,22,24). The lowest BCUT2D eigenvalue weighted by atomic mass is 10.2. The predicted molar refractivity (Wildman–Crippen MR) is 104 cm³/mol. The Morgan fingerprint density at radius 2 is 1.65 bits per heavy atom. The molecule has 26 heavy (non-hydrogen) atoms. The molecule has 1 amide bonds. The molecule has 3 rings (SSSR count). The molecule has 0 aliphatic heterocycles. The second kappa shape index (κ2) is 8.58. The van der Waals surface area contributed by atoms with Gasteiger partial charge in [0.2, 0.25) is 0 Å². The zero-order valence-corrected chi connectivity index (χ0v) is 14.4. The van der Waals surface area contributed by atoms with Crippen LogP contribution in [0.5, 0.6) is 0 Å². The van der Waals surface area contributed by atoms with E-state index in [-0.39, 0.29) is 5.91 Å². The molecular weight excluding hydrogens is 324 g/mol. The van der Waals surface area contributed by atoms with Gasteiger partial charge in [-0.2, -0.15) is 0 Å². The molecule has 0 aliphatic carbocycles. The lowest BCUT2D eigenvalue weighted by molar-refractivity contribution is 0.0979. The SMILES string of the molecule is C=CCNc1ccc(C(=O)N(Cc2ccccc2)c2ccccc2)nn1. The Kier molecular flexibility index (Phi) is 5.72. The van der Waals surface area contributed by atoms with E-state index in [1.807, 2.05) is 60.7 Å². The minimum atomic E-state index is -0.192. The molecule has 5 heteroatoms. The third kappa shape index (κ3) is 4.33. The van der Waals surface area contributed by atoms with Gasteiger partial charge in [0.05, 0.1) is 6.54 Å². The summed E-state index contributed by atoms with van der Waals surface area (Å²) in [4.78, 5) is 14.8. The van der Waals surface area contributed by atoms with E-state index in [2.05, 4.69) is 22.1 Å². The number of carbonyl (C=O) groups excluding carboxylic acids is 1. The van der Waals surface area contributed by atoms with Crippen LogP contribution in [-0.2, 0) is 6.54 Å². The first-order valence-corrected chi connectivity index (χ1v) is 8.37. The molecule has 130 valence electrons. The second-order valence-corrected chi connectivity index (χ2v) is 5.69. The van der Waals surface area contributed by atoms with Crippen LogP contribution in [0.1, 0.15) is 16.1 Å². The zero-order chi connectivity index (χ0) is 18.2. The van der Waals surface area contributed by atoms with Gasteiger partial charge in [0.15, 0.2) is 5.69 Å². The molecule has 0 bridgehead atoms. The summed E-state index contributed by atoms with van der Waals surface area (Å²) in [5.74, 6) is 0.415. The van der Waals surface area contributed by atoms with Gasteiger partial charge in [-0.15, -0.1) is 16.8 Å². The van der Waals surface area contributed by atoms with Crippen LogP contribution in [0.4, 0.5) is 11.5 Å². The van der Waals surface area contributed by atoms with Gasteiger partial charge in [0.25, 0.3) is 5.91 Å². The van der Waals surface area contributed by atoms with Crippen molar-refractivity contribution in [3.05, 3.63) is 96.7 Å². The number of anilines is 2. The number of nitrogens with zero attached hydrogens (tertiary/aromatic N) is 3. The van der Waals surface area contributed by atoms with Crippen LogP contribution in [0.2, 0.25) is 0 Å².